The number of amides is 2. The summed E-state index contributed by atoms with van der Waals surface area (Å²) < 4.78 is 41.8. The van der Waals surface area contributed by atoms with E-state index >= 15 is 0 Å². The molecule has 0 saturated heterocycles. The molecule has 39 heavy (non-hydrogen) atoms. The largest absolute Gasteiger partial charge is 0.350 e. The summed E-state index contributed by atoms with van der Waals surface area (Å²) in [5, 5.41) is 3.47. The van der Waals surface area contributed by atoms with E-state index < -0.39 is 45.8 Å². The van der Waals surface area contributed by atoms with Crippen molar-refractivity contribution in [1.82, 2.24) is 10.2 Å². The fourth-order valence-electron chi connectivity index (χ4n) is 3.75. The zero-order valence-electron chi connectivity index (χ0n) is 22.0. The Kier molecular flexibility index (Phi) is 9.64. The van der Waals surface area contributed by atoms with Gasteiger partial charge in [0.15, 0.2) is 0 Å². The van der Waals surface area contributed by atoms with Gasteiger partial charge in [0.2, 0.25) is 11.8 Å². The molecule has 3 aromatic carbocycles. The summed E-state index contributed by atoms with van der Waals surface area (Å²) in [5.74, 6) is -1.64. The van der Waals surface area contributed by atoms with Crippen molar-refractivity contribution in [2.75, 3.05) is 10.8 Å². The predicted octanol–water partition coefficient (Wildman–Crippen LogP) is 5.66. The lowest BCUT2D eigenvalue weighted by molar-refractivity contribution is -0.140. The van der Waals surface area contributed by atoms with E-state index in [1.165, 1.54) is 4.90 Å². The summed E-state index contributed by atoms with van der Waals surface area (Å²) in [6, 6.07) is 16.3. The third-order valence-corrected chi connectivity index (χ3v) is 8.25. The van der Waals surface area contributed by atoms with E-state index in [0.717, 1.165) is 28.6 Å². The van der Waals surface area contributed by atoms with Crippen molar-refractivity contribution in [3.05, 3.63) is 94.2 Å². The predicted molar refractivity (Wildman–Crippen MR) is 152 cm³/mol. The second-order valence-electron chi connectivity index (χ2n) is 9.99. The highest BCUT2D eigenvalue weighted by Gasteiger charge is 2.33. The molecule has 0 spiro atoms. The minimum atomic E-state index is -4.28. The smallest absolute Gasteiger partial charge is 0.264 e. The average molecular weight is 595 g/mol. The summed E-state index contributed by atoms with van der Waals surface area (Å²) in [5.41, 5.74) is 0.267. The first-order valence-corrected chi connectivity index (χ1v) is 14.3. The highest BCUT2D eigenvalue weighted by Crippen LogP contribution is 2.26. The zero-order chi connectivity index (χ0) is 29.0. The van der Waals surface area contributed by atoms with E-state index in [4.69, 9.17) is 23.2 Å². The molecule has 0 unspecified atom stereocenters. The monoisotopic (exact) mass is 593 g/mol. The number of benzene rings is 3. The van der Waals surface area contributed by atoms with Gasteiger partial charge in [-0.2, -0.15) is 0 Å². The summed E-state index contributed by atoms with van der Waals surface area (Å²) in [7, 11) is -4.28. The topological polar surface area (TPSA) is 86.8 Å². The number of carbonyl (C=O) groups excluding carboxylic acids is 2. The molecule has 0 heterocycles. The first-order chi connectivity index (χ1) is 18.2. The Balaban J connectivity index is 2.02. The van der Waals surface area contributed by atoms with E-state index in [0.29, 0.717) is 10.6 Å². The SMILES string of the molecule is C[C@@H](C(=O)NC(C)(C)C)N(Cc1ccc(Cl)c(Cl)c1)C(=O)CN(c1ccccc1)S(=O)(=O)c1ccc(F)cc1. The van der Waals surface area contributed by atoms with Gasteiger partial charge in [0, 0.05) is 12.1 Å². The van der Waals surface area contributed by atoms with Crippen LogP contribution < -0.4 is 9.62 Å². The second kappa shape index (κ2) is 12.4. The summed E-state index contributed by atoms with van der Waals surface area (Å²) in [6.45, 7) is 6.36. The van der Waals surface area contributed by atoms with Crippen molar-refractivity contribution in [3.8, 4) is 0 Å². The van der Waals surface area contributed by atoms with Crippen molar-refractivity contribution in [2.45, 2.75) is 50.7 Å². The Bertz CT molecular complexity index is 1430. The molecule has 0 aromatic heterocycles. The van der Waals surface area contributed by atoms with Gasteiger partial charge in [-0.25, -0.2) is 12.8 Å². The van der Waals surface area contributed by atoms with E-state index in [9.17, 15) is 22.4 Å². The number of hydrogen-bond donors (Lipinski definition) is 1. The van der Waals surface area contributed by atoms with Gasteiger partial charge in [-0.05, 0) is 81.8 Å². The highest BCUT2D eigenvalue weighted by atomic mass is 35.5. The molecule has 3 rings (SSSR count). The molecule has 0 aliphatic rings. The van der Waals surface area contributed by atoms with Crippen LogP contribution in [0.2, 0.25) is 10.0 Å². The summed E-state index contributed by atoms with van der Waals surface area (Å²) >= 11 is 12.2. The molecule has 208 valence electrons. The van der Waals surface area contributed by atoms with Crippen molar-refractivity contribution >= 4 is 50.7 Å². The first kappa shape index (κ1) is 30.4. The number of halogens is 3. The molecule has 11 heteroatoms. The maximum absolute atomic E-state index is 13.8. The van der Waals surface area contributed by atoms with Crippen molar-refractivity contribution in [3.63, 3.8) is 0 Å². The lowest BCUT2D eigenvalue weighted by Gasteiger charge is -2.33. The van der Waals surface area contributed by atoms with E-state index in [2.05, 4.69) is 5.32 Å². The third-order valence-electron chi connectivity index (χ3n) is 5.73. The van der Waals surface area contributed by atoms with Crippen LogP contribution >= 0.6 is 23.2 Å². The van der Waals surface area contributed by atoms with Gasteiger partial charge >= 0.3 is 0 Å². The number of carbonyl (C=O) groups is 2. The van der Waals surface area contributed by atoms with Gasteiger partial charge in [-0.15, -0.1) is 0 Å². The lowest BCUT2D eigenvalue weighted by Crippen LogP contribution is -2.54. The molecule has 1 atom stereocenters. The Labute approximate surface area is 238 Å². The van der Waals surface area contributed by atoms with Crippen LogP contribution in [0.5, 0.6) is 0 Å². The number of nitrogens with zero attached hydrogens (tertiary/aromatic N) is 2. The van der Waals surface area contributed by atoms with Gasteiger partial charge in [0.1, 0.15) is 18.4 Å². The summed E-state index contributed by atoms with van der Waals surface area (Å²) in [6.07, 6.45) is 0. The van der Waals surface area contributed by atoms with Crippen LogP contribution in [0.25, 0.3) is 0 Å². The number of hydrogen-bond acceptors (Lipinski definition) is 4. The van der Waals surface area contributed by atoms with Gasteiger partial charge in [0.25, 0.3) is 10.0 Å². The molecular weight excluding hydrogens is 564 g/mol. The van der Waals surface area contributed by atoms with E-state index in [-0.39, 0.29) is 22.2 Å². The second-order valence-corrected chi connectivity index (χ2v) is 12.7. The maximum atomic E-state index is 13.8. The lowest BCUT2D eigenvalue weighted by atomic mass is 10.1. The Morgan fingerprint density at radius 1 is 0.949 bits per heavy atom. The van der Waals surface area contributed by atoms with Crippen molar-refractivity contribution < 1.29 is 22.4 Å². The molecule has 0 radical (unpaired) electrons. The maximum Gasteiger partial charge on any atom is 0.264 e. The van der Waals surface area contributed by atoms with Gasteiger partial charge in [-0.3, -0.25) is 13.9 Å². The number of anilines is 1. The third kappa shape index (κ3) is 7.94. The fourth-order valence-corrected chi connectivity index (χ4v) is 5.48. The standard InChI is InChI=1S/C28H30Cl2FN3O4S/c1-19(27(36)32-28(2,3)4)33(17-20-10-15-24(29)25(30)16-20)26(35)18-34(22-8-6-5-7-9-22)39(37,38)23-13-11-21(31)12-14-23/h5-16,19H,17-18H2,1-4H3,(H,32,36)/t19-/m0/s1. The molecule has 0 fully saturated rings. The van der Waals surface area contributed by atoms with Crippen LogP contribution in [-0.4, -0.2) is 43.3 Å². The van der Waals surface area contributed by atoms with Crippen LogP contribution in [-0.2, 0) is 26.2 Å². The Morgan fingerprint density at radius 3 is 2.13 bits per heavy atom. The average Bonchev–Trinajstić information content (AvgIpc) is 2.87. The summed E-state index contributed by atoms with van der Waals surface area (Å²) in [4.78, 5) is 28.1. The van der Waals surface area contributed by atoms with Crippen LogP contribution in [0.15, 0.2) is 77.7 Å². The minimum absolute atomic E-state index is 0.0341. The number of sulfonamides is 1. The number of para-hydroxylation sites is 1. The van der Waals surface area contributed by atoms with Crippen molar-refractivity contribution in [1.29, 1.82) is 0 Å². The first-order valence-electron chi connectivity index (χ1n) is 12.1. The molecule has 0 bridgehead atoms. The Hall–Kier alpha value is -3.14. The van der Waals surface area contributed by atoms with Crippen LogP contribution in [0.3, 0.4) is 0 Å². The minimum Gasteiger partial charge on any atom is -0.350 e. The van der Waals surface area contributed by atoms with Gasteiger partial charge < -0.3 is 10.2 Å². The molecule has 0 aliphatic carbocycles. The molecule has 0 aliphatic heterocycles. The Morgan fingerprint density at radius 2 is 1.56 bits per heavy atom. The van der Waals surface area contributed by atoms with Gasteiger partial charge in [0.05, 0.1) is 20.6 Å². The molecule has 2 amide bonds. The quantitative estimate of drug-likeness (QED) is 0.347. The fraction of sp³-hybridized carbons (Fsp3) is 0.286. The normalized spacial score (nSPS) is 12.5. The van der Waals surface area contributed by atoms with Crippen molar-refractivity contribution in [2.24, 2.45) is 0 Å². The number of nitrogens with one attached hydrogen (secondary N) is 1. The number of rotatable bonds is 9. The van der Waals surface area contributed by atoms with E-state index in [1.807, 2.05) is 20.8 Å². The van der Waals surface area contributed by atoms with E-state index in [1.54, 1.807) is 55.5 Å². The molecule has 7 nitrogen and oxygen atoms in total. The van der Waals surface area contributed by atoms with Gasteiger partial charge in [-0.1, -0.05) is 47.5 Å². The molecule has 3 aromatic rings. The molecule has 1 N–H and O–H groups in total. The van der Waals surface area contributed by atoms with Crippen LogP contribution in [0.1, 0.15) is 33.3 Å². The highest BCUT2D eigenvalue weighted by molar-refractivity contribution is 7.92. The van der Waals surface area contributed by atoms with Crippen LogP contribution in [0.4, 0.5) is 10.1 Å². The zero-order valence-corrected chi connectivity index (χ0v) is 24.3. The van der Waals surface area contributed by atoms with Crippen LogP contribution in [0, 0.1) is 5.82 Å². The molecular formula is C28H30Cl2FN3O4S. The molecule has 0 saturated carbocycles.